The van der Waals surface area contributed by atoms with Crippen molar-refractivity contribution in [2.75, 3.05) is 0 Å². The van der Waals surface area contributed by atoms with E-state index in [0.29, 0.717) is 6.42 Å². The first-order valence-electron chi connectivity index (χ1n) is 6.18. The van der Waals surface area contributed by atoms with Crippen molar-refractivity contribution in [1.29, 1.82) is 0 Å². The summed E-state index contributed by atoms with van der Waals surface area (Å²) < 4.78 is 5.90. The van der Waals surface area contributed by atoms with Crippen LogP contribution in [-0.2, 0) is 4.74 Å². The van der Waals surface area contributed by atoms with Crippen LogP contribution in [0.2, 0.25) is 0 Å². The van der Waals surface area contributed by atoms with Gasteiger partial charge in [0.15, 0.2) is 0 Å². The Morgan fingerprint density at radius 3 is 2.76 bits per heavy atom. The number of allylic oxidation sites excluding steroid dienone is 1. The average molecular weight is 236 g/mol. The molecular formula is C15H24O2. The molecule has 1 aliphatic rings. The van der Waals surface area contributed by atoms with Crippen molar-refractivity contribution in [1.82, 2.24) is 0 Å². The van der Waals surface area contributed by atoms with Crippen LogP contribution < -0.4 is 0 Å². The normalized spacial score (nSPS) is 27.6. The van der Waals surface area contributed by atoms with Crippen LogP contribution in [0.4, 0.5) is 0 Å². The Labute approximate surface area is 105 Å². The summed E-state index contributed by atoms with van der Waals surface area (Å²) in [6.45, 7) is 13.6. The van der Waals surface area contributed by atoms with Crippen molar-refractivity contribution in [3.63, 3.8) is 0 Å². The SMILES string of the molecule is C=C[C@@](C)(O)CC[C@@H]1O[C@H](C=C(C)C)CC1=C. The van der Waals surface area contributed by atoms with Crippen LogP contribution in [0.25, 0.3) is 0 Å². The Bertz CT molecular complexity index is 322. The lowest BCUT2D eigenvalue weighted by Gasteiger charge is -2.21. The molecule has 1 N–H and O–H groups in total. The first kappa shape index (κ1) is 14.2. The van der Waals surface area contributed by atoms with Gasteiger partial charge in [-0.05, 0) is 39.2 Å². The number of hydrogen-bond donors (Lipinski definition) is 1. The zero-order valence-electron chi connectivity index (χ0n) is 11.2. The average Bonchev–Trinajstić information content (AvgIpc) is 2.55. The molecule has 96 valence electrons. The Hall–Kier alpha value is -0.860. The summed E-state index contributed by atoms with van der Waals surface area (Å²) in [5.74, 6) is 0. The quantitative estimate of drug-likeness (QED) is 0.741. The monoisotopic (exact) mass is 236 g/mol. The molecule has 0 radical (unpaired) electrons. The highest BCUT2D eigenvalue weighted by Crippen LogP contribution is 2.30. The van der Waals surface area contributed by atoms with Crippen LogP contribution in [-0.4, -0.2) is 22.9 Å². The summed E-state index contributed by atoms with van der Waals surface area (Å²) in [5.41, 5.74) is 1.59. The molecule has 0 aliphatic carbocycles. The van der Waals surface area contributed by atoms with Crippen molar-refractivity contribution in [2.24, 2.45) is 0 Å². The van der Waals surface area contributed by atoms with Gasteiger partial charge in [0.05, 0.1) is 17.8 Å². The Kier molecular flexibility index (Phi) is 4.72. The van der Waals surface area contributed by atoms with Crippen LogP contribution in [0.5, 0.6) is 0 Å². The molecule has 0 spiro atoms. The van der Waals surface area contributed by atoms with Gasteiger partial charge in [0, 0.05) is 6.42 Å². The van der Waals surface area contributed by atoms with Crippen LogP contribution >= 0.6 is 0 Å². The predicted molar refractivity (Wildman–Crippen MR) is 71.9 cm³/mol. The van der Waals surface area contributed by atoms with E-state index in [0.717, 1.165) is 18.4 Å². The van der Waals surface area contributed by atoms with Crippen molar-refractivity contribution < 1.29 is 9.84 Å². The lowest BCUT2D eigenvalue weighted by atomic mass is 9.95. The minimum Gasteiger partial charge on any atom is -0.386 e. The molecule has 1 saturated heterocycles. The molecule has 0 aromatic rings. The fourth-order valence-electron chi connectivity index (χ4n) is 2.01. The van der Waals surface area contributed by atoms with Gasteiger partial charge in [0.25, 0.3) is 0 Å². The van der Waals surface area contributed by atoms with Crippen LogP contribution in [0.1, 0.15) is 40.0 Å². The molecular weight excluding hydrogens is 212 g/mol. The molecule has 3 atom stereocenters. The predicted octanol–water partition coefficient (Wildman–Crippen LogP) is 3.38. The molecule has 17 heavy (non-hydrogen) atoms. The van der Waals surface area contributed by atoms with E-state index in [4.69, 9.17) is 4.74 Å². The minimum atomic E-state index is -0.807. The minimum absolute atomic E-state index is 0.0713. The van der Waals surface area contributed by atoms with Gasteiger partial charge in [-0.3, -0.25) is 0 Å². The van der Waals surface area contributed by atoms with Gasteiger partial charge in [-0.25, -0.2) is 0 Å². The van der Waals surface area contributed by atoms with Crippen molar-refractivity contribution in [3.05, 3.63) is 36.5 Å². The molecule has 1 rings (SSSR count). The van der Waals surface area contributed by atoms with Gasteiger partial charge in [-0.1, -0.05) is 24.3 Å². The molecule has 0 bridgehead atoms. The highest BCUT2D eigenvalue weighted by atomic mass is 16.5. The maximum atomic E-state index is 9.87. The fraction of sp³-hybridized carbons (Fsp3) is 0.600. The van der Waals surface area contributed by atoms with E-state index < -0.39 is 5.60 Å². The molecule has 0 aromatic carbocycles. The summed E-state index contributed by atoms with van der Waals surface area (Å²) in [6, 6.07) is 0. The van der Waals surface area contributed by atoms with Crippen molar-refractivity contribution in [2.45, 2.75) is 57.8 Å². The van der Waals surface area contributed by atoms with E-state index in [-0.39, 0.29) is 12.2 Å². The molecule has 1 heterocycles. The van der Waals surface area contributed by atoms with Crippen LogP contribution in [0.3, 0.4) is 0 Å². The number of ether oxygens (including phenoxy) is 1. The molecule has 0 amide bonds. The zero-order valence-corrected chi connectivity index (χ0v) is 11.2. The lowest BCUT2D eigenvalue weighted by Crippen LogP contribution is -2.23. The van der Waals surface area contributed by atoms with Crippen molar-refractivity contribution in [3.8, 4) is 0 Å². The van der Waals surface area contributed by atoms with Gasteiger partial charge in [0.1, 0.15) is 0 Å². The number of rotatable bonds is 5. The molecule has 0 aromatic heterocycles. The summed E-state index contributed by atoms with van der Waals surface area (Å²) >= 11 is 0. The molecule has 0 saturated carbocycles. The second-order valence-electron chi connectivity index (χ2n) is 5.37. The van der Waals surface area contributed by atoms with Gasteiger partial charge in [0.2, 0.25) is 0 Å². The fourth-order valence-corrected chi connectivity index (χ4v) is 2.01. The summed E-state index contributed by atoms with van der Waals surface area (Å²) in [4.78, 5) is 0. The van der Waals surface area contributed by atoms with Gasteiger partial charge < -0.3 is 9.84 Å². The van der Waals surface area contributed by atoms with E-state index in [1.165, 1.54) is 5.57 Å². The molecule has 2 heteroatoms. The molecule has 1 fully saturated rings. The van der Waals surface area contributed by atoms with Gasteiger partial charge >= 0.3 is 0 Å². The van der Waals surface area contributed by atoms with Crippen LogP contribution in [0, 0.1) is 0 Å². The zero-order chi connectivity index (χ0) is 13.1. The van der Waals surface area contributed by atoms with E-state index in [1.807, 2.05) is 0 Å². The van der Waals surface area contributed by atoms with Crippen LogP contribution in [0.15, 0.2) is 36.5 Å². The largest absolute Gasteiger partial charge is 0.386 e. The maximum Gasteiger partial charge on any atom is 0.0804 e. The molecule has 0 unspecified atom stereocenters. The number of hydrogen-bond acceptors (Lipinski definition) is 2. The van der Waals surface area contributed by atoms with E-state index in [1.54, 1.807) is 13.0 Å². The van der Waals surface area contributed by atoms with E-state index in [9.17, 15) is 5.11 Å². The Balaban J connectivity index is 2.49. The summed E-state index contributed by atoms with van der Waals surface area (Å²) in [5, 5.41) is 9.87. The van der Waals surface area contributed by atoms with Gasteiger partial charge in [-0.2, -0.15) is 0 Å². The maximum absolute atomic E-state index is 9.87. The Morgan fingerprint density at radius 1 is 1.59 bits per heavy atom. The van der Waals surface area contributed by atoms with Gasteiger partial charge in [-0.15, -0.1) is 6.58 Å². The summed E-state index contributed by atoms with van der Waals surface area (Å²) in [7, 11) is 0. The van der Waals surface area contributed by atoms with E-state index >= 15 is 0 Å². The lowest BCUT2D eigenvalue weighted by molar-refractivity contribution is 0.0454. The second-order valence-corrected chi connectivity index (χ2v) is 5.37. The molecule has 1 aliphatic heterocycles. The smallest absolute Gasteiger partial charge is 0.0804 e. The standard InChI is InChI=1S/C15H24O2/c1-6-15(5,16)8-7-14-12(4)10-13(17-14)9-11(2)3/h6,9,13-14,16H,1,4,7-8,10H2,2-3,5H3/t13-,14+,15-/m1/s1. The van der Waals surface area contributed by atoms with E-state index in [2.05, 4.69) is 33.1 Å². The molecule has 2 nitrogen and oxygen atoms in total. The number of aliphatic hydroxyl groups is 1. The first-order valence-corrected chi connectivity index (χ1v) is 6.18. The third-order valence-electron chi connectivity index (χ3n) is 3.13. The summed E-state index contributed by atoms with van der Waals surface area (Å²) in [6.07, 6.45) is 6.29. The Morgan fingerprint density at radius 2 is 2.24 bits per heavy atom. The highest BCUT2D eigenvalue weighted by molar-refractivity contribution is 5.15. The first-order chi connectivity index (χ1) is 7.84. The second kappa shape index (κ2) is 5.65. The topological polar surface area (TPSA) is 29.5 Å². The van der Waals surface area contributed by atoms with Crippen molar-refractivity contribution >= 4 is 0 Å². The highest BCUT2D eigenvalue weighted by Gasteiger charge is 2.29. The third-order valence-corrected chi connectivity index (χ3v) is 3.13. The third kappa shape index (κ3) is 4.49.